The molecule has 0 unspecified atom stereocenters. The van der Waals surface area contributed by atoms with Gasteiger partial charge in [0.2, 0.25) is 11.8 Å². The molecule has 1 heterocycles. The zero-order valence-electron chi connectivity index (χ0n) is 12.1. The maximum atomic E-state index is 11.9. The molecule has 0 aliphatic carbocycles. The Labute approximate surface area is 123 Å². The highest BCUT2D eigenvalue weighted by atomic mass is 16.3. The minimum Gasteiger partial charge on any atom is -0.387 e. The van der Waals surface area contributed by atoms with Crippen molar-refractivity contribution in [3.63, 3.8) is 0 Å². The van der Waals surface area contributed by atoms with Crippen LogP contribution in [0, 0.1) is 0 Å². The number of likely N-dealkylation sites (tertiary alicyclic amines) is 1. The van der Waals surface area contributed by atoms with Crippen LogP contribution in [-0.4, -0.2) is 47.1 Å². The van der Waals surface area contributed by atoms with Crippen molar-refractivity contribution in [3.8, 4) is 0 Å². The summed E-state index contributed by atoms with van der Waals surface area (Å²) in [5, 5.41) is 12.8. The van der Waals surface area contributed by atoms with E-state index < -0.39 is 11.5 Å². The van der Waals surface area contributed by atoms with Crippen molar-refractivity contribution in [1.29, 1.82) is 0 Å². The molecule has 1 saturated heterocycles. The monoisotopic (exact) mass is 291 g/mol. The van der Waals surface area contributed by atoms with Gasteiger partial charge in [-0.25, -0.2) is 0 Å². The van der Waals surface area contributed by atoms with E-state index >= 15 is 0 Å². The summed E-state index contributed by atoms with van der Waals surface area (Å²) in [6.45, 7) is 3.36. The van der Waals surface area contributed by atoms with Crippen LogP contribution >= 0.6 is 0 Å². The predicted molar refractivity (Wildman–Crippen MR) is 79.9 cm³/mol. The number of carbonyl (C=O) groups is 2. The third-order valence-corrected chi connectivity index (χ3v) is 3.57. The molecule has 1 aromatic carbocycles. The minimum atomic E-state index is -0.627. The molecule has 0 bridgehead atoms. The zero-order valence-corrected chi connectivity index (χ0v) is 12.1. The number of nitrogens with two attached hydrogens (primary N) is 1. The number of nitrogens with one attached hydrogen (secondary N) is 1. The predicted octanol–water partition coefficient (Wildman–Crippen LogP) is 0.571. The molecule has 6 nitrogen and oxygen atoms in total. The lowest BCUT2D eigenvalue weighted by Gasteiger charge is -2.46. The van der Waals surface area contributed by atoms with Crippen LogP contribution < -0.4 is 11.1 Å². The number of hydrogen-bond donors (Lipinski definition) is 3. The molecule has 6 heteroatoms. The van der Waals surface area contributed by atoms with Gasteiger partial charge in [0.15, 0.2) is 0 Å². The van der Waals surface area contributed by atoms with Gasteiger partial charge in [0.1, 0.15) is 0 Å². The molecule has 2 rings (SSSR count). The summed E-state index contributed by atoms with van der Waals surface area (Å²) in [6.07, 6.45) is 1.70. The summed E-state index contributed by atoms with van der Waals surface area (Å²) >= 11 is 0. The first-order valence-corrected chi connectivity index (χ1v) is 7.06. The van der Waals surface area contributed by atoms with E-state index in [9.17, 15) is 14.7 Å². The Balaban J connectivity index is 1.79. The van der Waals surface area contributed by atoms with Crippen LogP contribution in [0.15, 0.2) is 24.3 Å². The van der Waals surface area contributed by atoms with E-state index in [-0.39, 0.29) is 12.5 Å². The van der Waals surface area contributed by atoms with Gasteiger partial charge < -0.3 is 16.2 Å². The Morgan fingerprint density at radius 3 is 2.48 bits per heavy atom. The summed E-state index contributed by atoms with van der Waals surface area (Å²) in [7, 11) is 0. The van der Waals surface area contributed by atoms with Crippen LogP contribution in [0.5, 0.6) is 0 Å². The van der Waals surface area contributed by atoms with Crippen LogP contribution in [0.2, 0.25) is 0 Å². The van der Waals surface area contributed by atoms with Gasteiger partial charge >= 0.3 is 0 Å². The molecule has 0 spiro atoms. The lowest BCUT2D eigenvalue weighted by Crippen LogP contribution is -2.62. The molecule has 1 aliphatic heterocycles. The van der Waals surface area contributed by atoms with Crippen LogP contribution in [0.3, 0.4) is 0 Å². The highest BCUT2D eigenvalue weighted by molar-refractivity contribution is 5.95. The zero-order chi connectivity index (χ0) is 15.5. The van der Waals surface area contributed by atoms with Gasteiger partial charge in [-0.15, -0.1) is 0 Å². The number of carbonyl (C=O) groups excluding carboxylic acids is 2. The smallest absolute Gasteiger partial charge is 0.248 e. The van der Waals surface area contributed by atoms with E-state index in [4.69, 9.17) is 5.73 Å². The molecule has 21 heavy (non-hydrogen) atoms. The van der Waals surface area contributed by atoms with Crippen LogP contribution in [0.1, 0.15) is 30.1 Å². The van der Waals surface area contributed by atoms with Crippen molar-refractivity contribution in [1.82, 2.24) is 4.90 Å². The van der Waals surface area contributed by atoms with E-state index in [0.717, 1.165) is 12.8 Å². The highest BCUT2D eigenvalue weighted by Crippen LogP contribution is 2.25. The first kappa shape index (κ1) is 15.5. The van der Waals surface area contributed by atoms with Gasteiger partial charge in [0.05, 0.1) is 12.1 Å². The van der Waals surface area contributed by atoms with Crippen molar-refractivity contribution in [2.75, 3.05) is 25.0 Å². The third kappa shape index (κ3) is 4.03. The second-order valence-corrected chi connectivity index (χ2v) is 5.61. The van der Waals surface area contributed by atoms with Crippen molar-refractivity contribution in [2.45, 2.75) is 25.4 Å². The Bertz CT molecular complexity index is 521. The fourth-order valence-electron chi connectivity index (χ4n) is 2.64. The fraction of sp³-hybridized carbons (Fsp3) is 0.467. The number of aliphatic hydroxyl groups is 1. The molecular formula is C15H21N3O3. The fourth-order valence-corrected chi connectivity index (χ4v) is 2.64. The van der Waals surface area contributed by atoms with Crippen LogP contribution in [-0.2, 0) is 4.79 Å². The Morgan fingerprint density at radius 1 is 1.33 bits per heavy atom. The maximum Gasteiger partial charge on any atom is 0.248 e. The molecule has 1 aliphatic rings. The van der Waals surface area contributed by atoms with Crippen molar-refractivity contribution in [3.05, 3.63) is 29.8 Å². The lowest BCUT2D eigenvalue weighted by atomic mass is 9.89. The van der Waals surface area contributed by atoms with E-state index in [1.807, 2.05) is 11.8 Å². The van der Waals surface area contributed by atoms with E-state index in [2.05, 4.69) is 5.32 Å². The number of nitrogens with zero attached hydrogens (tertiary/aromatic N) is 1. The SMILES string of the molecule is CCCC1(O)CN(CC(=O)Nc2ccc(C(N)=O)cc2)C1. The summed E-state index contributed by atoms with van der Waals surface area (Å²) in [6, 6.07) is 6.42. The molecule has 2 amide bonds. The standard InChI is InChI=1S/C15H21N3O3/c1-2-7-15(21)9-18(10-15)8-13(19)17-12-5-3-11(4-6-12)14(16)20/h3-6,21H,2,7-10H2,1H3,(H2,16,20)(H,17,19). The number of rotatable bonds is 6. The minimum absolute atomic E-state index is 0.139. The molecule has 4 N–H and O–H groups in total. The number of benzene rings is 1. The molecule has 0 saturated carbocycles. The van der Waals surface area contributed by atoms with Crippen molar-refractivity contribution < 1.29 is 14.7 Å². The van der Waals surface area contributed by atoms with Crippen molar-refractivity contribution in [2.24, 2.45) is 5.73 Å². The molecule has 1 aromatic rings. The number of amides is 2. The molecule has 0 aromatic heterocycles. The molecule has 114 valence electrons. The highest BCUT2D eigenvalue weighted by Gasteiger charge is 2.40. The van der Waals surface area contributed by atoms with Gasteiger partial charge in [-0.3, -0.25) is 14.5 Å². The summed E-state index contributed by atoms with van der Waals surface area (Å²) < 4.78 is 0. The summed E-state index contributed by atoms with van der Waals surface area (Å²) in [5.41, 5.74) is 5.55. The largest absolute Gasteiger partial charge is 0.387 e. The van der Waals surface area contributed by atoms with Gasteiger partial charge in [-0.1, -0.05) is 13.3 Å². The average molecular weight is 291 g/mol. The quantitative estimate of drug-likeness (QED) is 0.714. The first-order chi connectivity index (χ1) is 9.92. The topological polar surface area (TPSA) is 95.7 Å². The van der Waals surface area contributed by atoms with Crippen LogP contribution in [0.4, 0.5) is 5.69 Å². The number of primary amides is 1. The third-order valence-electron chi connectivity index (χ3n) is 3.57. The van der Waals surface area contributed by atoms with Gasteiger partial charge in [0, 0.05) is 24.3 Å². The van der Waals surface area contributed by atoms with E-state index in [0.29, 0.717) is 24.3 Å². The molecule has 1 fully saturated rings. The second-order valence-electron chi connectivity index (χ2n) is 5.61. The first-order valence-electron chi connectivity index (χ1n) is 7.06. The van der Waals surface area contributed by atoms with Gasteiger partial charge in [-0.05, 0) is 30.7 Å². The maximum absolute atomic E-state index is 11.9. The average Bonchev–Trinajstić information content (AvgIpc) is 2.37. The summed E-state index contributed by atoms with van der Waals surface area (Å²) in [4.78, 5) is 24.7. The Morgan fingerprint density at radius 2 is 1.95 bits per heavy atom. The number of anilines is 1. The number of β-amino-alcohol motifs (C(OH)–C–C–N with tert-alkyl or cyclic N) is 1. The van der Waals surface area contributed by atoms with E-state index in [1.165, 1.54) is 0 Å². The summed E-state index contributed by atoms with van der Waals surface area (Å²) in [5.74, 6) is -0.635. The molecule has 0 atom stereocenters. The van der Waals surface area contributed by atoms with Crippen molar-refractivity contribution >= 4 is 17.5 Å². The number of hydrogen-bond acceptors (Lipinski definition) is 4. The Kier molecular flexibility index (Phi) is 4.59. The van der Waals surface area contributed by atoms with Gasteiger partial charge in [-0.2, -0.15) is 0 Å². The molecular weight excluding hydrogens is 270 g/mol. The van der Waals surface area contributed by atoms with Gasteiger partial charge in [0.25, 0.3) is 0 Å². The molecule has 0 radical (unpaired) electrons. The second kappa shape index (κ2) is 6.24. The van der Waals surface area contributed by atoms with E-state index in [1.54, 1.807) is 24.3 Å². The lowest BCUT2D eigenvalue weighted by molar-refractivity contribution is -0.129. The normalized spacial score (nSPS) is 17.0. The Hall–Kier alpha value is -1.92. The van der Waals surface area contributed by atoms with Crippen LogP contribution in [0.25, 0.3) is 0 Å².